The summed E-state index contributed by atoms with van der Waals surface area (Å²) in [4.78, 5) is 22.4. The minimum atomic E-state index is -1.32. The molecule has 1 rings (SSSR count). The van der Waals surface area contributed by atoms with Gasteiger partial charge in [0.1, 0.15) is 11.4 Å². The van der Waals surface area contributed by atoms with E-state index in [9.17, 15) is 14.0 Å². The predicted octanol–water partition coefficient (Wildman–Crippen LogP) is 1.43. The number of anilines is 2. The smallest absolute Gasteiger partial charge is 0.340 e. The van der Waals surface area contributed by atoms with Gasteiger partial charge in [0.2, 0.25) is 5.91 Å². The molecule has 0 aliphatic rings. The van der Waals surface area contributed by atoms with E-state index in [0.717, 1.165) is 12.5 Å². The minimum Gasteiger partial charge on any atom is -0.478 e. The molecule has 0 radical (unpaired) electrons. The first kappa shape index (κ1) is 15.7. The third-order valence-corrected chi connectivity index (χ3v) is 2.65. The first-order valence-electron chi connectivity index (χ1n) is 6.29. The lowest BCUT2D eigenvalue weighted by Gasteiger charge is -2.12. The molecule has 6 nitrogen and oxygen atoms in total. The highest BCUT2D eigenvalue weighted by Crippen LogP contribution is 2.25. The number of carbonyl (C=O) groups is 2. The van der Waals surface area contributed by atoms with Crippen molar-refractivity contribution in [2.45, 2.75) is 19.8 Å². The molecule has 7 heteroatoms. The van der Waals surface area contributed by atoms with Crippen molar-refractivity contribution in [1.82, 2.24) is 5.32 Å². The molecule has 0 unspecified atom stereocenters. The second kappa shape index (κ2) is 7.32. The summed E-state index contributed by atoms with van der Waals surface area (Å²) in [7, 11) is 0. The van der Waals surface area contributed by atoms with Gasteiger partial charge in [-0.15, -0.1) is 0 Å². The third kappa shape index (κ3) is 4.11. The maximum atomic E-state index is 13.2. The van der Waals surface area contributed by atoms with Crippen LogP contribution in [-0.4, -0.2) is 30.1 Å². The quantitative estimate of drug-likeness (QED) is 0.567. The zero-order chi connectivity index (χ0) is 15.1. The molecular weight excluding hydrogens is 265 g/mol. The standard InChI is InChI=1S/C13H18FN3O3/c1-2-6-17-10(18)5-7-16-9-4-3-8(14)12(15)11(9)13(19)20/h3-4,16H,2,5-7,15H2,1H3,(H,17,18)(H,19,20). The molecule has 0 aliphatic carbocycles. The van der Waals surface area contributed by atoms with Crippen LogP contribution in [0.2, 0.25) is 0 Å². The molecule has 5 N–H and O–H groups in total. The summed E-state index contributed by atoms with van der Waals surface area (Å²) in [5.74, 6) is -2.24. The lowest BCUT2D eigenvalue weighted by atomic mass is 10.1. The van der Waals surface area contributed by atoms with E-state index >= 15 is 0 Å². The molecule has 0 atom stereocenters. The van der Waals surface area contributed by atoms with E-state index in [-0.39, 0.29) is 30.1 Å². The SMILES string of the molecule is CCCNC(=O)CCNc1ccc(F)c(N)c1C(=O)O. The van der Waals surface area contributed by atoms with Crippen molar-refractivity contribution in [3.8, 4) is 0 Å². The number of carbonyl (C=O) groups excluding carboxylic acids is 1. The van der Waals surface area contributed by atoms with Gasteiger partial charge in [-0.2, -0.15) is 0 Å². The summed E-state index contributed by atoms with van der Waals surface area (Å²) in [6.07, 6.45) is 1.03. The molecule has 0 aromatic heterocycles. The average molecular weight is 283 g/mol. The maximum absolute atomic E-state index is 13.2. The van der Waals surface area contributed by atoms with Gasteiger partial charge >= 0.3 is 5.97 Å². The van der Waals surface area contributed by atoms with Crippen molar-refractivity contribution in [2.75, 3.05) is 24.1 Å². The molecule has 20 heavy (non-hydrogen) atoms. The molecule has 0 aliphatic heterocycles. The molecule has 0 saturated heterocycles. The second-order valence-electron chi connectivity index (χ2n) is 4.22. The van der Waals surface area contributed by atoms with Gasteiger partial charge < -0.3 is 21.5 Å². The van der Waals surface area contributed by atoms with Crippen molar-refractivity contribution < 1.29 is 19.1 Å². The van der Waals surface area contributed by atoms with Gasteiger partial charge in [0.05, 0.1) is 11.4 Å². The fraction of sp³-hybridized carbons (Fsp3) is 0.385. The van der Waals surface area contributed by atoms with Crippen molar-refractivity contribution in [2.24, 2.45) is 0 Å². The Morgan fingerprint density at radius 3 is 2.65 bits per heavy atom. The van der Waals surface area contributed by atoms with Crippen LogP contribution in [0.1, 0.15) is 30.1 Å². The number of benzene rings is 1. The first-order chi connectivity index (χ1) is 9.47. The van der Waals surface area contributed by atoms with E-state index in [1.54, 1.807) is 0 Å². The van der Waals surface area contributed by atoms with Crippen LogP contribution in [0.3, 0.4) is 0 Å². The number of hydrogen-bond donors (Lipinski definition) is 4. The van der Waals surface area contributed by atoms with Gasteiger partial charge in [-0.05, 0) is 18.6 Å². The van der Waals surface area contributed by atoms with Crippen molar-refractivity contribution in [3.05, 3.63) is 23.5 Å². The van der Waals surface area contributed by atoms with Crippen molar-refractivity contribution in [1.29, 1.82) is 0 Å². The Bertz CT molecular complexity index is 506. The maximum Gasteiger partial charge on any atom is 0.340 e. The summed E-state index contributed by atoms with van der Waals surface area (Å²) in [5.41, 5.74) is 4.86. The van der Waals surface area contributed by atoms with E-state index in [1.165, 1.54) is 6.07 Å². The van der Waals surface area contributed by atoms with Gasteiger partial charge in [-0.25, -0.2) is 9.18 Å². The molecule has 110 valence electrons. The van der Waals surface area contributed by atoms with Crippen LogP contribution in [0.15, 0.2) is 12.1 Å². The summed E-state index contributed by atoms with van der Waals surface area (Å²) >= 11 is 0. The van der Waals surface area contributed by atoms with E-state index < -0.39 is 17.5 Å². The monoisotopic (exact) mass is 283 g/mol. The van der Waals surface area contributed by atoms with E-state index in [1.807, 2.05) is 6.92 Å². The number of amides is 1. The molecule has 0 fully saturated rings. The first-order valence-corrected chi connectivity index (χ1v) is 6.29. The zero-order valence-electron chi connectivity index (χ0n) is 11.2. The fourth-order valence-electron chi connectivity index (χ4n) is 1.64. The Labute approximate surface area is 116 Å². The lowest BCUT2D eigenvalue weighted by Crippen LogP contribution is -2.26. The van der Waals surface area contributed by atoms with Crippen LogP contribution in [0.4, 0.5) is 15.8 Å². The van der Waals surface area contributed by atoms with Crippen molar-refractivity contribution in [3.63, 3.8) is 0 Å². The van der Waals surface area contributed by atoms with Crippen LogP contribution in [0, 0.1) is 5.82 Å². The van der Waals surface area contributed by atoms with Crippen LogP contribution < -0.4 is 16.4 Å². The van der Waals surface area contributed by atoms with Crippen molar-refractivity contribution >= 4 is 23.3 Å². The summed E-state index contributed by atoms with van der Waals surface area (Å²) in [5, 5.41) is 14.5. The van der Waals surface area contributed by atoms with Gasteiger partial charge in [0.25, 0.3) is 0 Å². The highest BCUT2D eigenvalue weighted by Gasteiger charge is 2.17. The highest BCUT2D eigenvalue weighted by atomic mass is 19.1. The largest absolute Gasteiger partial charge is 0.478 e. The van der Waals surface area contributed by atoms with Gasteiger partial charge in [-0.1, -0.05) is 6.92 Å². The van der Waals surface area contributed by atoms with Crippen LogP contribution in [-0.2, 0) is 4.79 Å². The third-order valence-electron chi connectivity index (χ3n) is 2.65. The molecule has 1 aromatic rings. The number of nitrogens with one attached hydrogen (secondary N) is 2. The topological polar surface area (TPSA) is 104 Å². The number of carboxylic acid groups (broad SMARTS) is 1. The molecular formula is C13H18FN3O3. The fourth-order valence-corrected chi connectivity index (χ4v) is 1.64. The van der Waals surface area contributed by atoms with E-state index in [2.05, 4.69) is 10.6 Å². The predicted molar refractivity (Wildman–Crippen MR) is 74.2 cm³/mol. The summed E-state index contributed by atoms with van der Waals surface area (Å²) in [6.45, 7) is 2.78. The molecule has 1 amide bonds. The summed E-state index contributed by atoms with van der Waals surface area (Å²) in [6, 6.07) is 2.38. The number of nitrogens with two attached hydrogens (primary N) is 1. The number of aromatic carboxylic acids is 1. The van der Waals surface area contributed by atoms with Gasteiger partial charge in [0, 0.05) is 19.5 Å². The van der Waals surface area contributed by atoms with Crippen LogP contribution >= 0.6 is 0 Å². The minimum absolute atomic E-state index is 0.133. The van der Waals surface area contributed by atoms with Gasteiger partial charge in [-0.3, -0.25) is 4.79 Å². The Hall–Kier alpha value is -2.31. The summed E-state index contributed by atoms with van der Waals surface area (Å²) < 4.78 is 13.2. The molecule has 0 heterocycles. The number of halogens is 1. The lowest BCUT2D eigenvalue weighted by molar-refractivity contribution is -0.120. The van der Waals surface area contributed by atoms with Crippen LogP contribution in [0.25, 0.3) is 0 Å². The number of nitrogen functional groups attached to an aromatic ring is 1. The van der Waals surface area contributed by atoms with Gasteiger partial charge in [0.15, 0.2) is 0 Å². The Balaban J connectivity index is 2.67. The Morgan fingerprint density at radius 1 is 1.35 bits per heavy atom. The zero-order valence-corrected chi connectivity index (χ0v) is 11.2. The highest BCUT2D eigenvalue weighted by molar-refractivity contribution is 6.00. The second-order valence-corrected chi connectivity index (χ2v) is 4.22. The normalized spacial score (nSPS) is 10.1. The van der Waals surface area contributed by atoms with E-state index in [4.69, 9.17) is 10.8 Å². The number of carboxylic acids is 1. The number of rotatable bonds is 7. The van der Waals surface area contributed by atoms with Crippen LogP contribution in [0.5, 0.6) is 0 Å². The Kier molecular flexibility index (Phi) is 5.76. The Morgan fingerprint density at radius 2 is 2.05 bits per heavy atom. The molecule has 0 bridgehead atoms. The van der Waals surface area contributed by atoms with E-state index in [0.29, 0.717) is 6.54 Å². The molecule has 1 aromatic carbocycles. The number of hydrogen-bond acceptors (Lipinski definition) is 4. The average Bonchev–Trinajstić information content (AvgIpc) is 2.40. The molecule has 0 spiro atoms. The molecule has 0 saturated carbocycles.